The lowest BCUT2D eigenvalue weighted by molar-refractivity contribution is -0.138. The van der Waals surface area contributed by atoms with Crippen LogP contribution < -0.4 is 0 Å². The van der Waals surface area contributed by atoms with Gasteiger partial charge in [0.25, 0.3) is 0 Å². The fourth-order valence-electron chi connectivity index (χ4n) is 10.1. The van der Waals surface area contributed by atoms with E-state index in [4.69, 9.17) is 19.9 Å². The molecule has 0 fully saturated rings. The van der Waals surface area contributed by atoms with Crippen LogP contribution in [0.2, 0.25) is 0 Å². The van der Waals surface area contributed by atoms with Crippen LogP contribution in [0.1, 0.15) is 22.3 Å². The molecule has 0 N–H and O–H groups in total. The highest BCUT2D eigenvalue weighted by Gasteiger charge is 2.32. The lowest BCUT2D eigenvalue weighted by atomic mass is 9.98. The van der Waals surface area contributed by atoms with Gasteiger partial charge in [-0.15, -0.1) is 0 Å². The fourth-order valence-corrected chi connectivity index (χ4v) is 10.1. The van der Waals surface area contributed by atoms with Crippen molar-refractivity contribution < 1.29 is 26.3 Å². The predicted octanol–water partition coefficient (Wildman–Crippen LogP) is 18.4. The van der Waals surface area contributed by atoms with Crippen molar-refractivity contribution in [3.8, 4) is 95.7 Å². The van der Waals surface area contributed by atoms with Gasteiger partial charge in [0.05, 0.1) is 50.6 Å². The van der Waals surface area contributed by atoms with Crippen LogP contribution in [0.25, 0.3) is 118 Å². The van der Waals surface area contributed by atoms with Crippen LogP contribution in [0, 0.1) is 13.8 Å². The van der Waals surface area contributed by atoms with Gasteiger partial charge in [0.15, 0.2) is 11.6 Å². The summed E-state index contributed by atoms with van der Waals surface area (Å²) in [5.41, 5.74) is 10.3. The second kappa shape index (κ2) is 19.3. The van der Waals surface area contributed by atoms with Crippen LogP contribution in [0.15, 0.2) is 224 Å². The van der Waals surface area contributed by atoms with E-state index in [0.717, 1.165) is 62.9 Å². The zero-order chi connectivity index (χ0) is 53.0. The molecule has 77 heavy (non-hydrogen) atoms. The van der Waals surface area contributed by atoms with Crippen molar-refractivity contribution in [2.45, 2.75) is 26.2 Å². The Kier molecular flexibility index (Phi) is 12.2. The molecule has 0 aliphatic rings. The molecule has 0 aliphatic carbocycles. The third-order valence-corrected chi connectivity index (χ3v) is 13.7. The lowest BCUT2D eigenvalue weighted by Crippen LogP contribution is -2.05. The third-order valence-electron chi connectivity index (χ3n) is 13.7. The van der Waals surface area contributed by atoms with Crippen LogP contribution in [0.3, 0.4) is 0 Å². The van der Waals surface area contributed by atoms with Gasteiger partial charge in [0.1, 0.15) is 0 Å². The molecule has 12 aromatic rings. The zero-order valence-electron chi connectivity index (χ0n) is 41.4. The highest BCUT2D eigenvalue weighted by Crippen LogP contribution is 2.43. The van der Waals surface area contributed by atoms with Gasteiger partial charge in [0, 0.05) is 44.2 Å². The van der Waals surface area contributed by atoms with E-state index >= 15 is 0 Å². The van der Waals surface area contributed by atoms with Crippen LogP contribution in [0.5, 0.6) is 0 Å². The summed E-state index contributed by atoms with van der Waals surface area (Å²) in [4.78, 5) is 20.7. The number of nitrogens with zero attached hydrogens (tertiary/aromatic N) is 5. The Morgan fingerprint density at radius 1 is 0.312 bits per heavy atom. The molecule has 11 heteroatoms. The molecular formula is C66H43F6N5. The van der Waals surface area contributed by atoms with Crippen molar-refractivity contribution in [1.82, 2.24) is 24.5 Å². The van der Waals surface area contributed by atoms with Gasteiger partial charge in [-0.25, -0.2) is 19.9 Å². The molecule has 0 saturated heterocycles. The van der Waals surface area contributed by atoms with Crippen molar-refractivity contribution in [2.75, 3.05) is 0 Å². The van der Waals surface area contributed by atoms with Crippen LogP contribution in [-0.2, 0) is 12.4 Å². The number of hydrogen-bond donors (Lipinski definition) is 0. The second-order valence-electron chi connectivity index (χ2n) is 19.1. The van der Waals surface area contributed by atoms with Gasteiger partial charge in [-0.3, -0.25) is 0 Å². The summed E-state index contributed by atoms with van der Waals surface area (Å²) in [6.45, 7) is 3.27. The quantitative estimate of drug-likeness (QED) is 0.135. The van der Waals surface area contributed by atoms with Gasteiger partial charge < -0.3 is 4.57 Å². The van der Waals surface area contributed by atoms with Crippen molar-refractivity contribution in [2.24, 2.45) is 0 Å². The highest BCUT2D eigenvalue weighted by molar-refractivity contribution is 6.12. The van der Waals surface area contributed by atoms with Crippen molar-refractivity contribution in [3.63, 3.8) is 0 Å². The Morgan fingerprint density at radius 2 is 0.688 bits per heavy atom. The van der Waals surface area contributed by atoms with Crippen LogP contribution in [-0.4, -0.2) is 24.5 Å². The predicted molar refractivity (Wildman–Crippen MR) is 295 cm³/mol. The van der Waals surface area contributed by atoms with Gasteiger partial charge in [-0.05, 0) is 108 Å². The van der Waals surface area contributed by atoms with Gasteiger partial charge in [-0.1, -0.05) is 164 Å². The molecular weight excluding hydrogens is 977 g/mol. The summed E-state index contributed by atoms with van der Waals surface area (Å²) in [5.74, 6) is 0.981. The monoisotopic (exact) mass is 1020 g/mol. The second-order valence-corrected chi connectivity index (χ2v) is 19.1. The summed E-state index contributed by atoms with van der Waals surface area (Å²) >= 11 is 0. The van der Waals surface area contributed by atoms with E-state index in [1.165, 1.54) is 0 Å². The van der Waals surface area contributed by atoms with Crippen LogP contribution in [0.4, 0.5) is 26.3 Å². The van der Waals surface area contributed by atoms with E-state index in [-0.39, 0.29) is 0 Å². The number of hydrogen-bond acceptors (Lipinski definition) is 4. The highest BCUT2D eigenvalue weighted by atomic mass is 19.4. The molecule has 0 bridgehead atoms. The van der Waals surface area contributed by atoms with Crippen molar-refractivity contribution in [3.05, 3.63) is 247 Å². The number of aromatic nitrogens is 5. The summed E-state index contributed by atoms with van der Waals surface area (Å²) in [7, 11) is 0. The van der Waals surface area contributed by atoms with E-state index in [1.807, 2.05) is 193 Å². The molecule has 374 valence electrons. The molecule has 5 nitrogen and oxygen atoms in total. The maximum absolute atomic E-state index is 14.4. The Labute approximate surface area is 439 Å². The summed E-state index contributed by atoms with van der Waals surface area (Å²) in [6, 6.07) is 68.1. The first-order valence-corrected chi connectivity index (χ1v) is 24.8. The first-order valence-electron chi connectivity index (χ1n) is 24.8. The molecule has 0 aliphatic heterocycles. The van der Waals surface area contributed by atoms with Crippen LogP contribution >= 0.6 is 0 Å². The zero-order valence-corrected chi connectivity index (χ0v) is 41.4. The maximum Gasteiger partial charge on any atom is 0.416 e. The average Bonchev–Trinajstić information content (AvgIpc) is 4.00. The van der Waals surface area contributed by atoms with Crippen molar-refractivity contribution in [1.29, 1.82) is 0 Å². The fraction of sp³-hybridized carbons (Fsp3) is 0.0606. The normalized spacial score (nSPS) is 11.9. The Balaban J connectivity index is 1.18. The van der Waals surface area contributed by atoms with E-state index in [0.29, 0.717) is 90.1 Å². The number of benzene rings is 9. The van der Waals surface area contributed by atoms with Gasteiger partial charge in [0.2, 0.25) is 0 Å². The molecule has 3 aromatic heterocycles. The van der Waals surface area contributed by atoms with E-state index < -0.39 is 23.5 Å². The molecule has 0 spiro atoms. The summed E-state index contributed by atoms with van der Waals surface area (Å²) in [6.07, 6.45) is -9.17. The number of rotatable bonds is 9. The Morgan fingerprint density at radius 3 is 1.12 bits per heavy atom. The smallest absolute Gasteiger partial charge is 0.309 e. The molecule has 12 rings (SSSR count). The van der Waals surface area contributed by atoms with E-state index in [9.17, 15) is 26.3 Å². The first kappa shape index (κ1) is 48.5. The number of fused-ring (bicyclic) bond motifs is 3. The summed E-state index contributed by atoms with van der Waals surface area (Å²) < 4.78 is 88.4. The first-order chi connectivity index (χ1) is 37.2. The largest absolute Gasteiger partial charge is 0.416 e. The average molecular weight is 1020 g/mol. The number of alkyl halides is 6. The number of halogens is 6. The minimum atomic E-state index is -4.59. The maximum atomic E-state index is 14.4. The molecule has 0 atom stereocenters. The lowest BCUT2D eigenvalue weighted by Gasteiger charge is -2.18. The minimum absolute atomic E-state index is 0.370. The van der Waals surface area contributed by atoms with Gasteiger partial charge in [-0.2, -0.15) is 26.3 Å². The standard InChI is InChI=1S/C66H43F6N5/c1-40-29-49(33-51(31-40)65(67,68)69)46-23-26-53-54-27-24-47(50-30-41(2)32-52(34-50)66(70,71)72)37-62(54)77(61(53)36-46)60-28-25-48(58-38-56(42-15-7-3-8-16-42)73-63(75-58)44-19-11-5-12-20-44)35-55(60)59-39-57(43-17-9-4-10-18-43)74-64(76-59)45-21-13-6-14-22-45/h3-39H,1-2H3. The Bertz CT molecular complexity index is 3960. The molecule has 0 radical (unpaired) electrons. The summed E-state index contributed by atoms with van der Waals surface area (Å²) in [5, 5.41) is 1.53. The van der Waals surface area contributed by atoms with E-state index in [1.54, 1.807) is 26.0 Å². The van der Waals surface area contributed by atoms with Crippen molar-refractivity contribution >= 4 is 21.8 Å². The SMILES string of the molecule is Cc1cc(-c2ccc3c4ccc(-c5cc(C)cc(C(F)(F)F)c5)cc4n(-c4ccc(-c5cc(-c6ccccc6)nc(-c6ccccc6)n5)cc4-c4cc(-c5ccccc5)nc(-c5ccccc5)n4)c3c2)cc(C(F)(F)F)c1. The van der Waals surface area contributed by atoms with Gasteiger partial charge >= 0.3 is 12.4 Å². The van der Waals surface area contributed by atoms with E-state index in [2.05, 4.69) is 0 Å². The molecule has 0 saturated carbocycles. The number of aryl methyl sites for hydroxylation is 2. The molecule has 0 unspecified atom stereocenters. The topological polar surface area (TPSA) is 56.5 Å². The molecule has 0 amide bonds. The third kappa shape index (κ3) is 9.64. The molecule has 3 heterocycles. The Hall–Kier alpha value is -9.48. The minimum Gasteiger partial charge on any atom is -0.309 e. The molecule has 9 aromatic carbocycles.